The van der Waals surface area contributed by atoms with E-state index in [9.17, 15) is 24.8 Å². The maximum atomic E-state index is 13.2. The molecule has 3 heterocycles. The van der Waals surface area contributed by atoms with E-state index < -0.39 is 28.4 Å². The summed E-state index contributed by atoms with van der Waals surface area (Å²) in [4.78, 5) is 45.1. The van der Waals surface area contributed by atoms with Gasteiger partial charge in [0.2, 0.25) is 0 Å². The van der Waals surface area contributed by atoms with Crippen molar-refractivity contribution in [2.45, 2.75) is 26.3 Å². The van der Waals surface area contributed by atoms with Gasteiger partial charge < -0.3 is 19.3 Å². The van der Waals surface area contributed by atoms with Gasteiger partial charge in [-0.05, 0) is 58.1 Å². The second-order valence-corrected chi connectivity index (χ2v) is 8.93. The molecule has 1 amide bonds. The zero-order chi connectivity index (χ0) is 25.4. The molecule has 10 heteroatoms. The van der Waals surface area contributed by atoms with Crippen molar-refractivity contribution >= 4 is 28.8 Å². The SMILES string of the molecule is Cc1cccn2c(C)c(/C(O)=C3\C(=O)C(=O)N(CCCN(C)C)C3c3cccc([N+](=O)[O-])c3)nc12. The number of ketones is 1. The minimum Gasteiger partial charge on any atom is -0.505 e. The third kappa shape index (κ3) is 4.28. The first kappa shape index (κ1) is 24.1. The molecule has 3 aromatic rings. The van der Waals surface area contributed by atoms with Crippen LogP contribution in [-0.4, -0.2) is 68.1 Å². The number of pyridine rings is 1. The molecule has 182 valence electrons. The molecule has 1 atom stereocenters. The third-order valence-electron chi connectivity index (χ3n) is 6.25. The van der Waals surface area contributed by atoms with Crippen LogP contribution in [0.15, 0.2) is 48.2 Å². The summed E-state index contributed by atoms with van der Waals surface area (Å²) >= 11 is 0. The van der Waals surface area contributed by atoms with Gasteiger partial charge in [-0.15, -0.1) is 0 Å². The van der Waals surface area contributed by atoms with E-state index in [1.807, 2.05) is 38.1 Å². The standard InChI is InChI=1S/C25H27N5O5/c1-15-8-6-12-28-16(2)20(26-24(15)28)22(31)19-21(17-9-5-10-18(14-17)30(34)35)29(25(33)23(19)32)13-7-11-27(3)4/h5-6,8-10,12,14,21,31H,7,11,13H2,1-4H3/b22-19+. The number of aryl methyl sites for hydroxylation is 2. The summed E-state index contributed by atoms with van der Waals surface area (Å²) in [6.07, 6.45) is 2.39. The molecule has 0 radical (unpaired) electrons. The number of fused-ring (bicyclic) bond motifs is 1. The van der Waals surface area contributed by atoms with Gasteiger partial charge in [-0.2, -0.15) is 0 Å². The van der Waals surface area contributed by atoms with Gasteiger partial charge in [-0.1, -0.05) is 18.2 Å². The van der Waals surface area contributed by atoms with E-state index in [4.69, 9.17) is 0 Å². The number of nitro groups is 1. The predicted molar refractivity (Wildman–Crippen MR) is 130 cm³/mol. The minimum atomic E-state index is -0.970. The first-order valence-electron chi connectivity index (χ1n) is 11.2. The molecule has 1 aliphatic rings. The van der Waals surface area contributed by atoms with Crippen LogP contribution in [-0.2, 0) is 9.59 Å². The van der Waals surface area contributed by atoms with Gasteiger partial charge >= 0.3 is 0 Å². The largest absolute Gasteiger partial charge is 0.505 e. The second kappa shape index (κ2) is 9.30. The lowest BCUT2D eigenvalue weighted by molar-refractivity contribution is -0.384. The van der Waals surface area contributed by atoms with Crippen molar-refractivity contribution in [2.75, 3.05) is 27.2 Å². The number of aliphatic hydroxyl groups is 1. The first-order valence-corrected chi connectivity index (χ1v) is 11.2. The number of benzene rings is 1. The molecule has 2 aromatic heterocycles. The van der Waals surface area contributed by atoms with Crippen LogP contribution in [0.4, 0.5) is 5.69 Å². The lowest BCUT2D eigenvalue weighted by Gasteiger charge is -2.25. The number of aliphatic hydroxyl groups excluding tert-OH is 1. The van der Waals surface area contributed by atoms with Crippen molar-refractivity contribution in [3.05, 3.63) is 80.8 Å². The number of nitro benzene ring substituents is 1. The molecular weight excluding hydrogens is 450 g/mol. The van der Waals surface area contributed by atoms with Crippen molar-refractivity contribution in [3.8, 4) is 0 Å². The molecule has 0 bridgehead atoms. The molecule has 10 nitrogen and oxygen atoms in total. The molecule has 1 saturated heterocycles. The average Bonchev–Trinajstić information content (AvgIpc) is 3.29. The Morgan fingerprint density at radius 2 is 1.94 bits per heavy atom. The van der Waals surface area contributed by atoms with Gasteiger partial charge in [-0.25, -0.2) is 4.98 Å². The maximum Gasteiger partial charge on any atom is 0.295 e. The van der Waals surface area contributed by atoms with Crippen LogP contribution < -0.4 is 0 Å². The number of imidazole rings is 1. The minimum absolute atomic E-state index is 0.121. The van der Waals surface area contributed by atoms with Gasteiger partial charge in [0.1, 0.15) is 11.3 Å². The zero-order valence-electron chi connectivity index (χ0n) is 20.1. The number of hydrogen-bond acceptors (Lipinski definition) is 7. The number of carbonyl (C=O) groups excluding carboxylic acids is 2. The lowest BCUT2D eigenvalue weighted by Crippen LogP contribution is -2.32. The topological polar surface area (TPSA) is 121 Å². The summed E-state index contributed by atoms with van der Waals surface area (Å²) in [5, 5.41) is 22.8. The maximum absolute atomic E-state index is 13.2. The van der Waals surface area contributed by atoms with Crippen molar-refractivity contribution in [1.82, 2.24) is 19.2 Å². The van der Waals surface area contributed by atoms with Crippen LogP contribution >= 0.6 is 0 Å². The highest BCUT2D eigenvalue weighted by atomic mass is 16.6. The van der Waals surface area contributed by atoms with Crippen LogP contribution in [0.3, 0.4) is 0 Å². The van der Waals surface area contributed by atoms with E-state index in [1.54, 1.807) is 23.6 Å². The van der Waals surface area contributed by atoms with Gasteiger partial charge in [0.25, 0.3) is 17.4 Å². The van der Waals surface area contributed by atoms with E-state index in [-0.39, 0.29) is 23.5 Å². The molecule has 4 rings (SSSR count). The molecule has 1 N–H and O–H groups in total. The van der Waals surface area contributed by atoms with Gasteiger partial charge in [0.05, 0.1) is 22.2 Å². The molecular formula is C25H27N5O5. The van der Waals surface area contributed by atoms with Crippen LogP contribution in [0.25, 0.3) is 11.4 Å². The number of rotatable bonds is 7. The summed E-state index contributed by atoms with van der Waals surface area (Å²) in [7, 11) is 3.81. The van der Waals surface area contributed by atoms with Crippen molar-refractivity contribution in [2.24, 2.45) is 0 Å². The summed E-state index contributed by atoms with van der Waals surface area (Å²) in [6, 6.07) is 8.58. The van der Waals surface area contributed by atoms with E-state index >= 15 is 0 Å². The Labute approximate surface area is 202 Å². The normalized spacial score (nSPS) is 17.6. The number of hydrogen-bond donors (Lipinski definition) is 1. The summed E-state index contributed by atoms with van der Waals surface area (Å²) < 4.78 is 1.81. The Morgan fingerprint density at radius 3 is 2.60 bits per heavy atom. The highest BCUT2D eigenvalue weighted by Gasteiger charge is 2.46. The molecule has 35 heavy (non-hydrogen) atoms. The third-order valence-corrected chi connectivity index (χ3v) is 6.25. The van der Waals surface area contributed by atoms with Gasteiger partial charge in [0, 0.05) is 24.9 Å². The Hall–Kier alpha value is -4.05. The fourth-order valence-electron chi connectivity index (χ4n) is 4.50. The highest BCUT2D eigenvalue weighted by molar-refractivity contribution is 6.46. The fourth-order valence-corrected chi connectivity index (χ4v) is 4.50. The van der Waals surface area contributed by atoms with Crippen LogP contribution in [0.1, 0.15) is 35.0 Å². The average molecular weight is 478 g/mol. The molecule has 1 fully saturated rings. The molecule has 1 aromatic carbocycles. The number of Topliss-reactive ketones (excluding diaryl/α,β-unsaturated/α-hetero) is 1. The number of amides is 1. The molecule has 0 aliphatic carbocycles. The summed E-state index contributed by atoms with van der Waals surface area (Å²) in [6.45, 7) is 4.58. The Kier molecular flexibility index (Phi) is 6.40. The number of likely N-dealkylation sites (tertiary alicyclic amines) is 1. The predicted octanol–water partition coefficient (Wildman–Crippen LogP) is 3.23. The van der Waals surface area contributed by atoms with E-state index in [0.29, 0.717) is 29.9 Å². The fraction of sp³-hybridized carbons (Fsp3) is 0.320. The number of carbonyl (C=O) groups is 2. The van der Waals surface area contributed by atoms with Crippen LogP contribution in [0, 0.1) is 24.0 Å². The zero-order valence-corrected chi connectivity index (χ0v) is 20.1. The molecule has 1 aliphatic heterocycles. The molecule has 0 spiro atoms. The summed E-state index contributed by atoms with van der Waals surface area (Å²) in [5.41, 5.74) is 2.40. The number of aromatic nitrogens is 2. The van der Waals surface area contributed by atoms with Crippen molar-refractivity contribution in [3.63, 3.8) is 0 Å². The van der Waals surface area contributed by atoms with E-state index in [2.05, 4.69) is 4.98 Å². The van der Waals surface area contributed by atoms with E-state index in [0.717, 1.165) is 5.56 Å². The smallest absolute Gasteiger partial charge is 0.295 e. The lowest BCUT2D eigenvalue weighted by atomic mass is 9.96. The quantitative estimate of drug-likeness (QED) is 0.182. The van der Waals surface area contributed by atoms with Gasteiger partial charge in [0.15, 0.2) is 5.76 Å². The molecule has 1 unspecified atom stereocenters. The monoisotopic (exact) mass is 477 g/mol. The first-order chi connectivity index (χ1) is 16.6. The Morgan fingerprint density at radius 1 is 1.20 bits per heavy atom. The second-order valence-electron chi connectivity index (χ2n) is 8.93. The highest BCUT2D eigenvalue weighted by Crippen LogP contribution is 2.40. The van der Waals surface area contributed by atoms with Crippen LogP contribution in [0.5, 0.6) is 0 Å². The Balaban J connectivity index is 1.90. The van der Waals surface area contributed by atoms with E-state index in [1.165, 1.54) is 23.1 Å². The molecule has 0 saturated carbocycles. The number of non-ortho nitro benzene ring substituents is 1. The Bertz CT molecular complexity index is 1370. The van der Waals surface area contributed by atoms with Gasteiger partial charge in [-0.3, -0.25) is 19.7 Å². The van der Waals surface area contributed by atoms with Crippen molar-refractivity contribution in [1.29, 1.82) is 0 Å². The summed E-state index contributed by atoms with van der Waals surface area (Å²) in [5.74, 6) is -1.98. The van der Waals surface area contributed by atoms with Crippen LogP contribution in [0.2, 0.25) is 0 Å². The van der Waals surface area contributed by atoms with Crippen molar-refractivity contribution < 1.29 is 19.6 Å². The number of nitrogens with zero attached hydrogens (tertiary/aromatic N) is 5.